The van der Waals surface area contributed by atoms with E-state index in [1.54, 1.807) is 6.20 Å². The van der Waals surface area contributed by atoms with E-state index in [1.165, 1.54) is 5.69 Å². The molecule has 5 heteroatoms. The predicted molar refractivity (Wildman–Crippen MR) is 61.7 cm³/mol. The van der Waals surface area contributed by atoms with E-state index in [0.717, 1.165) is 13.1 Å². The molecule has 2 heterocycles. The molecule has 0 aliphatic heterocycles. The summed E-state index contributed by atoms with van der Waals surface area (Å²) >= 11 is 0. The number of nitrogens with one attached hydrogen (secondary N) is 1. The molecule has 0 radical (unpaired) electrons. The van der Waals surface area contributed by atoms with Gasteiger partial charge in [0.05, 0.1) is 12.2 Å². The number of nitrogens with zero attached hydrogens (tertiary/aromatic N) is 4. The van der Waals surface area contributed by atoms with Crippen molar-refractivity contribution in [2.45, 2.75) is 26.1 Å². The maximum atomic E-state index is 4.18. The van der Waals surface area contributed by atoms with Crippen molar-refractivity contribution in [2.75, 3.05) is 0 Å². The average molecular weight is 219 g/mol. The summed E-state index contributed by atoms with van der Waals surface area (Å²) < 4.78 is 3.81. The van der Waals surface area contributed by atoms with Crippen molar-refractivity contribution in [3.63, 3.8) is 0 Å². The molecule has 16 heavy (non-hydrogen) atoms. The molecule has 0 aliphatic carbocycles. The monoisotopic (exact) mass is 219 g/mol. The highest BCUT2D eigenvalue weighted by Gasteiger charge is 2.04. The maximum absolute atomic E-state index is 4.18. The van der Waals surface area contributed by atoms with Gasteiger partial charge >= 0.3 is 0 Å². The third kappa shape index (κ3) is 2.70. The van der Waals surface area contributed by atoms with Crippen LogP contribution < -0.4 is 5.32 Å². The summed E-state index contributed by atoms with van der Waals surface area (Å²) in [5.41, 5.74) is 1.19. The van der Waals surface area contributed by atoms with Crippen LogP contribution in [-0.2, 0) is 20.1 Å². The van der Waals surface area contributed by atoms with Crippen molar-refractivity contribution in [3.05, 3.63) is 36.4 Å². The minimum atomic E-state index is 0.384. The van der Waals surface area contributed by atoms with Crippen LogP contribution in [-0.4, -0.2) is 25.6 Å². The SMILES string of the molecule is CC(Cn1cccn1)NCc1ccnn1C. The molecule has 0 fully saturated rings. The van der Waals surface area contributed by atoms with Gasteiger partial charge < -0.3 is 5.32 Å². The summed E-state index contributed by atoms with van der Waals surface area (Å²) in [5, 5.41) is 11.7. The zero-order chi connectivity index (χ0) is 11.4. The van der Waals surface area contributed by atoms with Gasteiger partial charge in [-0.15, -0.1) is 0 Å². The normalized spacial score (nSPS) is 12.9. The van der Waals surface area contributed by atoms with Gasteiger partial charge in [-0.3, -0.25) is 9.36 Å². The standard InChI is InChI=1S/C11H17N5/c1-10(9-16-7-3-5-14-16)12-8-11-4-6-13-15(11)2/h3-7,10,12H,8-9H2,1-2H3. The summed E-state index contributed by atoms with van der Waals surface area (Å²) in [5.74, 6) is 0. The molecule has 0 bridgehead atoms. The van der Waals surface area contributed by atoms with Crippen LogP contribution >= 0.6 is 0 Å². The molecule has 0 saturated heterocycles. The molecule has 0 saturated carbocycles. The van der Waals surface area contributed by atoms with E-state index in [1.807, 2.05) is 40.9 Å². The molecule has 2 aromatic heterocycles. The lowest BCUT2D eigenvalue weighted by atomic mass is 10.3. The lowest BCUT2D eigenvalue weighted by Crippen LogP contribution is -2.30. The summed E-state index contributed by atoms with van der Waals surface area (Å²) in [4.78, 5) is 0. The van der Waals surface area contributed by atoms with E-state index in [-0.39, 0.29) is 0 Å². The number of aromatic nitrogens is 4. The van der Waals surface area contributed by atoms with Crippen LogP contribution in [0, 0.1) is 0 Å². The van der Waals surface area contributed by atoms with Crippen molar-refractivity contribution < 1.29 is 0 Å². The highest BCUT2D eigenvalue weighted by molar-refractivity contribution is 4.99. The van der Waals surface area contributed by atoms with E-state index in [4.69, 9.17) is 0 Å². The molecule has 5 nitrogen and oxygen atoms in total. The molecular weight excluding hydrogens is 202 g/mol. The van der Waals surface area contributed by atoms with Crippen molar-refractivity contribution in [3.8, 4) is 0 Å². The molecule has 0 aliphatic rings. The molecule has 0 amide bonds. The van der Waals surface area contributed by atoms with E-state index in [2.05, 4.69) is 22.4 Å². The van der Waals surface area contributed by atoms with Crippen LogP contribution in [0.1, 0.15) is 12.6 Å². The Hall–Kier alpha value is -1.62. The lowest BCUT2D eigenvalue weighted by Gasteiger charge is -2.13. The Morgan fingerprint density at radius 3 is 2.88 bits per heavy atom. The second-order valence-electron chi connectivity index (χ2n) is 3.96. The van der Waals surface area contributed by atoms with Gasteiger partial charge in [0, 0.05) is 38.2 Å². The van der Waals surface area contributed by atoms with Gasteiger partial charge in [0.25, 0.3) is 0 Å². The highest BCUT2D eigenvalue weighted by Crippen LogP contribution is 1.97. The van der Waals surface area contributed by atoms with Gasteiger partial charge in [-0.05, 0) is 19.1 Å². The number of aryl methyl sites for hydroxylation is 1. The zero-order valence-electron chi connectivity index (χ0n) is 9.67. The first-order chi connectivity index (χ1) is 7.75. The maximum Gasteiger partial charge on any atom is 0.0560 e. The molecule has 2 rings (SSSR count). The molecule has 1 atom stereocenters. The molecule has 1 N–H and O–H groups in total. The Labute approximate surface area is 95.1 Å². The van der Waals surface area contributed by atoms with Gasteiger partial charge in [-0.2, -0.15) is 10.2 Å². The first-order valence-corrected chi connectivity index (χ1v) is 5.43. The summed E-state index contributed by atoms with van der Waals surface area (Å²) in [7, 11) is 1.95. The third-order valence-corrected chi connectivity index (χ3v) is 2.57. The Morgan fingerprint density at radius 1 is 1.38 bits per heavy atom. The minimum Gasteiger partial charge on any atom is -0.307 e. The molecule has 1 unspecified atom stereocenters. The van der Waals surface area contributed by atoms with Crippen LogP contribution in [0.25, 0.3) is 0 Å². The van der Waals surface area contributed by atoms with E-state index < -0.39 is 0 Å². The Balaban J connectivity index is 1.80. The molecule has 86 valence electrons. The van der Waals surface area contributed by atoms with Crippen LogP contribution in [0.3, 0.4) is 0 Å². The molecular formula is C11H17N5. The van der Waals surface area contributed by atoms with E-state index >= 15 is 0 Å². The second-order valence-corrected chi connectivity index (χ2v) is 3.96. The van der Waals surface area contributed by atoms with Gasteiger partial charge in [-0.25, -0.2) is 0 Å². The number of rotatable bonds is 5. The lowest BCUT2D eigenvalue weighted by molar-refractivity contribution is 0.443. The van der Waals surface area contributed by atoms with Crippen molar-refractivity contribution in [1.29, 1.82) is 0 Å². The first kappa shape index (κ1) is 10.9. The second kappa shape index (κ2) is 4.94. The Bertz CT molecular complexity index is 417. The van der Waals surface area contributed by atoms with Crippen LogP contribution in [0.15, 0.2) is 30.7 Å². The third-order valence-electron chi connectivity index (χ3n) is 2.57. The summed E-state index contributed by atoms with van der Waals surface area (Å²) in [6, 6.07) is 4.34. The van der Waals surface area contributed by atoms with E-state index in [0.29, 0.717) is 6.04 Å². The fourth-order valence-corrected chi connectivity index (χ4v) is 1.61. The Kier molecular flexibility index (Phi) is 3.36. The molecule has 0 aromatic carbocycles. The van der Waals surface area contributed by atoms with Crippen molar-refractivity contribution in [2.24, 2.45) is 7.05 Å². The van der Waals surface area contributed by atoms with Crippen LogP contribution in [0.5, 0.6) is 0 Å². The molecule has 0 spiro atoms. The van der Waals surface area contributed by atoms with Crippen molar-refractivity contribution >= 4 is 0 Å². The minimum absolute atomic E-state index is 0.384. The van der Waals surface area contributed by atoms with Gasteiger partial charge in [-0.1, -0.05) is 0 Å². The summed E-state index contributed by atoms with van der Waals surface area (Å²) in [6.07, 6.45) is 5.59. The molecule has 2 aromatic rings. The smallest absolute Gasteiger partial charge is 0.0560 e. The van der Waals surface area contributed by atoms with Gasteiger partial charge in [0.15, 0.2) is 0 Å². The van der Waals surface area contributed by atoms with Crippen LogP contribution in [0.4, 0.5) is 0 Å². The van der Waals surface area contributed by atoms with Gasteiger partial charge in [0.1, 0.15) is 0 Å². The fourth-order valence-electron chi connectivity index (χ4n) is 1.61. The predicted octanol–water partition coefficient (Wildman–Crippen LogP) is 0.795. The van der Waals surface area contributed by atoms with Crippen molar-refractivity contribution in [1.82, 2.24) is 24.9 Å². The number of hydrogen-bond acceptors (Lipinski definition) is 3. The zero-order valence-corrected chi connectivity index (χ0v) is 9.67. The largest absolute Gasteiger partial charge is 0.307 e. The Morgan fingerprint density at radius 2 is 2.25 bits per heavy atom. The summed E-state index contributed by atoms with van der Waals surface area (Å²) in [6.45, 7) is 3.86. The topological polar surface area (TPSA) is 47.7 Å². The quantitative estimate of drug-likeness (QED) is 0.809. The highest BCUT2D eigenvalue weighted by atomic mass is 15.3. The number of hydrogen-bond donors (Lipinski definition) is 1. The van der Waals surface area contributed by atoms with Gasteiger partial charge in [0.2, 0.25) is 0 Å². The first-order valence-electron chi connectivity index (χ1n) is 5.43. The fraction of sp³-hybridized carbons (Fsp3) is 0.455. The van der Waals surface area contributed by atoms with E-state index in [9.17, 15) is 0 Å². The van der Waals surface area contributed by atoms with Crippen LogP contribution in [0.2, 0.25) is 0 Å². The average Bonchev–Trinajstić information content (AvgIpc) is 2.87.